The van der Waals surface area contributed by atoms with Crippen LogP contribution in [0.1, 0.15) is 22.8 Å². The van der Waals surface area contributed by atoms with Crippen LogP contribution >= 0.6 is 12.4 Å². The van der Waals surface area contributed by atoms with E-state index >= 15 is 0 Å². The third-order valence-electron chi connectivity index (χ3n) is 3.45. The van der Waals surface area contributed by atoms with Crippen molar-refractivity contribution >= 4 is 12.4 Å². The predicted octanol–water partition coefficient (Wildman–Crippen LogP) is 2.98. The molecule has 0 saturated carbocycles. The average Bonchev–Trinajstić information content (AvgIpc) is 2.76. The number of ether oxygens (including phenoxy) is 1. The van der Waals surface area contributed by atoms with Gasteiger partial charge in [0.1, 0.15) is 11.9 Å². The second-order valence-electron chi connectivity index (χ2n) is 4.74. The lowest BCUT2D eigenvalue weighted by Gasteiger charge is -2.19. The van der Waals surface area contributed by atoms with Crippen molar-refractivity contribution in [2.45, 2.75) is 18.6 Å². The van der Waals surface area contributed by atoms with Gasteiger partial charge in [0.15, 0.2) is 0 Å². The molecule has 0 fully saturated rings. The van der Waals surface area contributed by atoms with E-state index in [1.165, 1.54) is 11.1 Å². The van der Waals surface area contributed by atoms with Gasteiger partial charge in [0.05, 0.1) is 11.6 Å². The highest BCUT2D eigenvalue weighted by atomic mass is 35.5. The number of nitrogens with zero attached hydrogens (tertiary/aromatic N) is 1. The summed E-state index contributed by atoms with van der Waals surface area (Å²) in [6, 6.07) is 17.4. The van der Waals surface area contributed by atoms with Gasteiger partial charge in [-0.3, -0.25) is 0 Å². The molecule has 0 saturated heterocycles. The van der Waals surface area contributed by atoms with Crippen molar-refractivity contribution in [2.24, 2.45) is 5.73 Å². The maximum absolute atomic E-state index is 8.77. The molecule has 102 valence electrons. The number of halogens is 1. The molecular weight excluding hydrogens is 272 g/mol. The molecule has 20 heavy (non-hydrogen) atoms. The second-order valence-corrected chi connectivity index (χ2v) is 4.74. The molecule has 0 heterocycles. The molecule has 1 aliphatic carbocycles. The van der Waals surface area contributed by atoms with Gasteiger partial charge < -0.3 is 10.5 Å². The zero-order valence-electron chi connectivity index (χ0n) is 10.8. The molecule has 2 unspecified atom stereocenters. The Kier molecular flexibility index (Phi) is 4.29. The summed E-state index contributed by atoms with van der Waals surface area (Å²) in [4.78, 5) is 0. The van der Waals surface area contributed by atoms with Gasteiger partial charge in [-0.15, -0.1) is 12.4 Å². The Morgan fingerprint density at radius 3 is 2.50 bits per heavy atom. The average molecular weight is 287 g/mol. The first kappa shape index (κ1) is 14.4. The first-order chi connectivity index (χ1) is 9.28. The van der Waals surface area contributed by atoms with Crippen LogP contribution in [-0.4, -0.2) is 6.04 Å². The summed E-state index contributed by atoms with van der Waals surface area (Å²) in [5.41, 5.74) is 9.21. The highest BCUT2D eigenvalue weighted by Crippen LogP contribution is 2.34. The molecule has 2 aromatic carbocycles. The van der Waals surface area contributed by atoms with Crippen LogP contribution in [0.4, 0.5) is 0 Å². The summed E-state index contributed by atoms with van der Waals surface area (Å²) in [5, 5.41) is 8.77. The Morgan fingerprint density at radius 1 is 1.10 bits per heavy atom. The highest BCUT2D eigenvalue weighted by molar-refractivity contribution is 5.85. The number of hydrogen-bond acceptors (Lipinski definition) is 3. The molecule has 2 N–H and O–H groups in total. The number of nitriles is 1. The van der Waals surface area contributed by atoms with E-state index in [2.05, 4.69) is 18.2 Å². The van der Waals surface area contributed by atoms with Crippen molar-refractivity contribution in [3.8, 4) is 11.8 Å². The van der Waals surface area contributed by atoms with Crippen molar-refractivity contribution < 1.29 is 4.74 Å². The van der Waals surface area contributed by atoms with Gasteiger partial charge in [-0.1, -0.05) is 24.3 Å². The third kappa shape index (κ3) is 2.62. The lowest BCUT2D eigenvalue weighted by molar-refractivity contribution is 0.186. The summed E-state index contributed by atoms with van der Waals surface area (Å²) in [7, 11) is 0. The van der Waals surface area contributed by atoms with Crippen molar-refractivity contribution in [1.82, 2.24) is 0 Å². The minimum Gasteiger partial charge on any atom is -0.484 e. The van der Waals surface area contributed by atoms with Gasteiger partial charge in [0.25, 0.3) is 0 Å². The van der Waals surface area contributed by atoms with Gasteiger partial charge in [-0.2, -0.15) is 5.26 Å². The Bertz CT molecular complexity index is 634. The minimum absolute atomic E-state index is 0. The number of benzene rings is 2. The molecule has 3 rings (SSSR count). The first-order valence-corrected chi connectivity index (χ1v) is 6.28. The minimum atomic E-state index is -0.107. The fourth-order valence-corrected chi connectivity index (χ4v) is 2.49. The molecule has 4 heteroatoms. The smallest absolute Gasteiger partial charge is 0.139 e. The summed E-state index contributed by atoms with van der Waals surface area (Å²) in [5.74, 6) is 0.746. The highest BCUT2D eigenvalue weighted by Gasteiger charge is 2.31. The summed E-state index contributed by atoms with van der Waals surface area (Å²) in [6.07, 6.45) is 0.737. The topological polar surface area (TPSA) is 59.0 Å². The fraction of sp³-hybridized carbons (Fsp3) is 0.188. The molecular formula is C16H15ClN2O. The van der Waals surface area contributed by atoms with Crippen LogP contribution in [-0.2, 0) is 6.42 Å². The zero-order valence-corrected chi connectivity index (χ0v) is 11.6. The Balaban J connectivity index is 0.00000147. The van der Waals surface area contributed by atoms with Crippen LogP contribution in [0.15, 0.2) is 48.5 Å². The molecule has 0 amide bonds. The summed E-state index contributed by atoms with van der Waals surface area (Å²) in [6.45, 7) is 0. The van der Waals surface area contributed by atoms with Crippen molar-refractivity contribution in [3.63, 3.8) is 0 Å². The van der Waals surface area contributed by atoms with Gasteiger partial charge in [0, 0.05) is 6.04 Å². The monoisotopic (exact) mass is 286 g/mol. The zero-order chi connectivity index (χ0) is 13.2. The maximum Gasteiger partial charge on any atom is 0.139 e. The molecule has 1 aliphatic rings. The van der Waals surface area contributed by atoms with E-state index in [1.54, 1.807) is 12.1 Å². The van der Waals surface area contributed by atoms with Crippen molar-refractivity contribution in [2.75, 3.05) is 0 Å². The van der Waals surface area contributed by atoms with E-state index in [4.69, 9.17) is 15.7 Å². The van der Waals surface area contributed by atoms with Crippen LogP contribution in [0.2, 0.25) is 0 Å². The standard InChI is InChI=1S/C16H14N2O.ClH/c17-10-11-5-7-13(8-6-11)19-16-14-4-2-1-3-12(14)9-15(16)18;/h1-8,15-16H,9,18H2;1H. The van der Waals surface area contributed by atoms with Gasteiger partial charge >= 0.3 is 0 Å². The number of nitrogens with two attached hydrogens (primary N) is 1. The molecule has 0 aromatic heterocycles. The second kappa shape index (κ2) is 5.96. The Labute approximate surface area is 124 Å². The van der Waals surface area contributed by atoms with E-state index in [-0.39, 0.29) is 24.6 Å². The number of fused-ring (bicyclic) bond motifs is 1. The van der Waals surface area contributed by atoms with Crippen LogP contribution in [0, 0.1) is 11.3 Å². The van der Waals surface area contributed by atoms with E-state index in [9.17, 15) is 0 Å². The largest absolute Gasteiger partial charge is 0.484 e. The summed E-state index contributed by atoms with van der Waals surface area (Å²) >= 11 is 0. The number of hydrogen-bond donors (Lipinski definition) is 1. The van der Waals surface area contributed by atoms with Crippen molar-refractivity contribution in [3.05, 3.63) is 65.2 Å². The van der Waals surface area contributed by atoms with Crippen LogP contribution in [0.5, 0.6) is 5.75 Å². The fourth-order valence-electron chi connectivity index (χ4n) is 2.49. The molecule has 3 nitrogen and oxygen atoms in total. The first-order valence-electron chi connectivity index (χ1n) is 6.28. The van der Waals surface area contributed by atoms with Gasteiger partial charge in [0.2, 0.25) is 0 Å². The van der Waals surface area contributed by atoms with Crippen LogP contribution in [0.3, 0.4) is 0 Å². The molecule has 0 spiro atoms. The molecule has 2 atom stereocenters. The maximum atomic E-state index is 8.77. The summed E-state index contributed by atoms with van der Waals surface area (Å²) < 4.78 is 5.98. The quantitative estimate of drug-likeness (QED) is 0.923. The van der Waals surface area contributed by atoms with E-state index in [0.29, 0.717) is 5.56 Å². The molecule has 2 aromatic rings. The normalized spacial score (nSPS) is 19.6. The molecule has 0 radical (unpaired) electrons. The third-order valence-corrected chi connectivity index (χ3v) is 3.45. The van der Waals surface area contributed by atoms with Crippen LogP contribution in [0.25, 0.3) is 0 Å². The molecule has 0 bridgehead atoms. The van der Waals surface area contributed by atoms with E-state index in [0.717, 1.165) is 12.2 Å². The molecule has 0 aliphatic heterocycles. The van der Waals surface area contributed by atoms with Gasteiger partial charge in [-0.05, 0) is 41.8 Å². The van der Waals surface area contributed by atoms with E-state index < -0.39 is 0 Å². The van der Waals surface area contributed by atoms with Crippen LogP contribution < -0.4 is 10.5 Å². The van der Waals surface area contributed by atoms with E-state index in [1.807, 2.05) is 24.3 Å². The lowest BCUT2D eigenvalue weighted by Crippen LogP contribution is -2.28. The predicted molar refractivity (Wildman–Crippen MR) is 79.9 cm³/mol. The Morgan fingerprint density at radius 2 is 1.80 bits per heavy atom. The van der Waals surface area contributed by atoms with Gasteiger partial charge in [-0.25, -0.2) is 0 Å². The lowest BCUT2D eigenvalue weighted by atomic mass is 10.1. The Hall–Kier alpha value is -2.02. The van der Waals surface area contributed by atoms with Crippen molar-refractivity contribution in [1.29, 1.82) is 5.26 Å². The number of rotatable bonds is 2. The SMILES string of the molecule is Cl.N#Cc1ccc(OC2c3ccccc3CC2N)cc1.